The fourth-order valence-corrected chi connectivity index (χ4v) is 3.49. The lowest BCUT2D eigenvalue weighted by Crippen LogP contribution is -2.41. The number of fused-ring (bicyclic) bond motifs is 1. The Labute approximate surface area is 169 Å². The number of ether oxygens (including phenoxy) is 1. The van der Waals surface area contributed by atoms with Crippen LogP contribution in [0.3, 0.4) is 0 Å². The summed E-state index contributed by atoms with van der Waals surface area (Å²) >= 11 is 5.99. The first-order valence-corrected chi connectivity index (χ1v) is 9.66. The number of nitrogens with one attached hydrogen (secondary N) is 1. The highest BCUT2D eigenvalue weighted by Crippen LogP contribution is 2.23. The van der Waals surface area contributed by atoms with Gasteiger partial charge >= 0.3 is 5.97 Å². The van der Waals surface area contributed by atoms with Crippen LogP contribution in [0.15, 0.2) is 42.5 Å². The smallest absolute Gasteiger partial charge is 0.329 e. The van der Waals surface area contributed by atoms with Crippen LogP contribution in [0, 0.1) is 0 Å². The van der Waals surface area contributed by atoms with Crippen LogP contribution in [0.2, 0.25) is 5.02 Å². The van der Waals surface area contributed by atoms with Crippen molar-refractivity contribution in [3.05, 3.63) is 69.7 Å². The van der Waals surface area contributed by atoms with E-state index < -0.39 is 24.0 Å². The molecule has 0 fully saturated rings. The molecule has 3 rings (SSSR count). The molecule has 6 heteroatoms. The standard InChI is InChI=1S/C22H22ClNO4/c1-13(24-21(26)18-8-3-4-9-19(18)23)22(27)28-14(2)20(25)17-11-10-15-6-5-7-16(15)12-17/h3-4,8-14H,5-7H2,1-2H3,(H,24,26)/t13-,14?/m0/s1. The van der Waals surface area contributed by atoms with Crippen LogP contribution in [0.5, 0.6) is 0 Å². The van der Waals surface area contributed by atoms with Gasteiger partial charge in [-0.05, 0) is 62.4 Å². The molecule has 1 aliphatic rings. The quantitative estimate of drug-likeness (QED) is 0.593. The first kappa shape index (κ1) is 20.1. The number of halogens is 1. The van der Waals surface area contributed by atoms with Crippen molar-refractivity contribution in [2.45, 2.75) is 45.3 Å². The molecule has 1 unspecified atom stereocenters. The van der Waals surface area contributed by atoms with E-state index in [9.17, 15) is 14.4 Å². The lowest BCUT2D eigenvalue weighted by Gasteiger charge is -2.17. The first-order valence-electron chi connectivity index (χ1n) is 9.28. The number of carbonyl (C=O) groups excluding carboxylic acids is 3. The zero-order valence-corrected chi connectivity index (χ0v) is 16.6. The largest absolute Gasteiger partial charge is 0.453 e. The van der Waals surface area contributed by atoms with Gasteiger partial charge in [0.2, 0.25) is 5.78 Å². The first-order chi connectivity index (χ1) is 13.4. The minimum atomic E-state index is -0.938. The second-order valence-corrected chi connectivity index (χ2v) is 7.36. The van der Waals surface area contributed by atoms with Crippen molar-refractivity contribution in [2.75, 3.05) is 0 Å². The maximum atomic E-state index is 12.6. The molecule has 5 nitrogen and oxygen atoms in total. The molecule has 0 spiro atoms. The van der Waals surface area contributed by atoms with E-state index in [1.165, 1.54) is 25.0 Å². The maximum absolute atomic E-state index is 12.6. The number of hydrogen-bond donors (Lipinski definition) is 1. The number of rotatable bonds is 6. The number of hydrogen-bond acceptors (Lipinski definition) is 4. The van der Waals surface area contributed by atoms with Crippen LogP contribution >= 0.6 is 11.6 Å². The number of carbonyl (C=O) groups is 3. The molecular formula is C22H22ClNO4. The van der Waals surface area contributed by atoms with Gasteiger partial charge in [0.15, 0.2) is 6.10 Å². The van der Waals surface area contributed by atoms with Gasteiger partial charge in [-0.15, -0.1) is 0 Å². The van der Waals surface area contributed by atoms with Crippen molar-refractivity contribution in [1.29, 1.82) is 0 Å². The predicted molar refractivity (Wildman–Crippen MR) is 107 cm³/mol. The van der Waals surface area contributed by atoms with Crippen molar-refractivity contribution in [2.24, 2.45) is 0 Å². The molecule has 0 bridgehead atoms. The number of benzene rings is 2. The van der Waals surface area contributed by atoms with E-state index >= 15 is 0 Å². The number of aryl methyl sites for hydroxylation is 2. The monoisotopic (exact) mass is 399 g/mol. The minimum Gasteiger partial charge on any atom is -0.453 e. The van der Waals surface area contributed by atoms with Gasteiger partial charge in [0.05, 0.1) is 10.6 Å². The summed E-state index contributed by atoms with van der Waals surface area (Å²) in [5.41, 5.74) is 3.27. The Morgan fingerprint density at radius 2 is 1.75 bits per heavy atom. The molecule has 1 aliphatic carbocycles. The van der Waals surface area contributed by atoms with Gasteiger partial charge in [0.1, 0.15) is 6.04 Å². The van der Waals surface area contributed by atoms with Gasteiger partial charge in [0.25, 0.3) is 5.91 Å². The molecule has 2 aromatic carbocycles. The molecule has 1 N–H and O–H groups in total. The summed E-state index contributed by atoms with van der Waals surface area (Å²) in [6.07, 6.45) is 2.17. The summed E-state index contributed by atoms with van der Waals surface area (Å²) in [7, 11) is 0. The Morgan fingerprint density at radius 1 is 1.04 bits per heavy atom. The predicted octanol–water partition coefficient (Wildman–Crippen LogP) is 3.76. The van der Waals surface area contributed by atoms with E-state index in [0.29, 0.717) is 10.6 Å². The number of amides is 1. The lowest BCUT2D eigenvalue weighted by atomic mass is 10.0. The van der Waals surface area contributed by atoms with Crippen molar-refractivity contribution in [3.8, 4) is 0 Å². The molecule has 0 saturated carbocycles. The average Bonchev–Trinajstić information content (AvgIpc) is 3.15. The van der Waals surface area contributed by atoms with Crippen LogP contribution < -0.4 is 5.32 Å². The molecule has 2 aromatic rings. The Morgan fingerprint density at radius 3 is 2.50 bits per heavy atom. The number of Topliss-reactive ketones (excluding diaryl/α,β-unsaturated/α-hetero) is 1. The maximum Gasteiger partial charge on any atom is 0.329 e. The molecule has 0 radical (unpaired) electrons. The topological polar surface area (TPSA) is 72.5 Å². The van der Waals surface area contributed by atoms with E-state index in [0.717, 1.165) is 19.3 Å². The van der Waals surface area contributed by atoms with E-state index in [1.54, 1.807) is 30.3 Å². The third-order valence-electron chi connectivity index (χ3n) is 4.86. The third-order valence-corrected chi connectivity index (χ3v) is 5.19. The van der Waals surface area contributed by atoms with Gasteiger partial charge in [-0.1, -0.05) is 35.9 Å². The Hall–Kier alpha value is -2.66. The van der Waals surface area contributed by atoms with Crippen molar-refractivity contribution in [3.63, 3.8) is 0 Å². The van der Waals surface area contributed by atoms with E-state index in [2.05, 4.69) is 5.32 Å². The molecule has 0 aromatic heterocycles. The van der Waals surface area contributed by atoms with Crippen LogP contribution in [-0.2, 0) is 22.4 Å². The zero-order chi connectivity index (χ0) is 20.3. The van der Waals surface area contributed by atoms with E-state index in [-0.39, 0.29) is 11.3 Å². The lowest BCUT2D eigenvalue weighted by molar-refractivity contribution is -0.148. The summed E-state index contributed by atoms with van der Waals surface area (Å²) in [5.74, 6) is -1.41. The van der Waals surface area contributed by atoms with E-state index in [1.807, 2.05) is 12.1 Å². The SMILES string of the molecule is CC(OC(=O)[C@H](C)NC(=O)c1ccccc1Cl)C(=O)c1ccc2c(c1)CCC2. The van der Waals surface area contributed by atoms with Crippen molar-refractivity contribution >= 4 is 29.3 Å². The van der Waals surface area contributed by atoms with Crippen molar-refractivity contribution in [1.82, 2.24) is 5.32 Å². The van der Waals surface area contributed by atoms with Crippen LogP contribution in [0.4, 0.5) is 0 Å². The summed E-state index contributed by atoms with van der Waals surface area (Å²) in [5, 5.41) is 2.84. The molecule has 0 aliphatic heterocycles. The van der Waals surface area contributed by atoms with Crippen LogP contribution in [0.1, 0.15) is 52.1 Å². The minimum absolute atomic E-state index is 0.257. The summed E-state index contributed by atoms with van der Waals surface area (Å²) in [6.45, 7) is 3.04. The van der Waals surface area contributed by atoms with Crippen LogP contribution in [-0.4, -0.2) is 29.8 Å². The molecule has 1 amide bonds. The number of esters is 1. The summed E-state index contributed by atoms with van der Waals surface area (Å²) in [4.78, 5) is 37.2. The van der Waals surface area contributed by atoms with Gasteiger partial charge in [0, 0.05) is 5.56 Å². The van der Waals surface area contributed by atoms with Gasteiger partial charge < -0.3 is 10.1 Å². The Kier molecular flexibility index (Phi) is 6.15. The summed E-state index contributed by atoms with van der Waals surface area (Å²) in [6, 6.07) is 11.3. The normalized spacial score (nSPS) is 14.7. The molecule has 146 valence electrons. The second kappa shape index (κ2) is 8.57. The Balaban J connectivity index is 1.59. The molecular weight excluding hydrogens is 378 g/mol. The molecule has 0 saturated heterocycles. The molecule has 2 atom stereocenters. The number of ketones is 1. The summed E-state index contributed by atoms with van der Waals surface area (Å²) < 4.78 is 5.28. The highest BCUT2D eigenvalue weighted by molar-refractivity contribution is 6.33. The highest BCUT2D eigenvalue weighted by atomic mass is 35.5. The average molecular weight is 400 g/mol. The highest BCUT2D eigenvalue weighted by Gasteiger charge is 2.25. The van der Waals surface area contributed by atoms with Gasteiger partial charge in [-0.3, -0.25) is 9.59 Å². The fraction of sp³-hybridized carbons (Fsp3) is 0.318. The third kappa shape index (κ3) is 4.42. The van der Waals surface area contributed by atoms with Crippen molar-refractivity contribution < 1.29 is 19.1 Å². The molecule has 28 heavy (non-hydrogen) atoms. The second-order valence-electron chi connectivity index (χ2n) is 6.96. The van der Waals surface area contributed by atoms with Crippen LogP contribution in [0.25, 0.3) is 0 Å². The molecule has 0 heterocycles. The Bertz CT molecular complexity index is 925. The zero-order valence-electron chi connectivity index (χ0n) is 15.8. The van der Waals surface area contributed by atoms with Gasteiger partial charge in [-0.2, -0.15) is 0 Å². The van der Waals surface area contributed by atoms with Gasteiger partial charge in [-0.25, -0.2) is 4.79 Å². The van der Waals surface area contributed by atoms with E-state index in [4.69, 9.17) is 16.3 Å². The fourth-order valence-electron chi connectivity index (χ4n) is 3.27.